The van der Waals surface area contributed by atoms with Crippen molar-refractivity contribution in [1.29, 1.82) is 0 Å². The molecule has 1 saturated carbocycles. The highest BCUT2D eigenvalue weighted by Crippen LogP contribution is 2.52. The normalized spacial score (nSPS) is 28.1. The van der Waals surface area contributed by atoms with Crippen LogP contribution in [0.1, 0.15) is 25.8 Å². The Bertz CT molecular complexity index is 912. The number of benzene rings is 1. The van der Waals surface area contributed by atoms with Gasteiger partial charge >= 0.3 is 5.69 Å². The van der Waals surface area contributed by atoms with Gasteiger partial charge in [0.25, 0.3) is 11.8 Å². The minimum absolute atomic E-state index is 0.00539. The lowest BCUT2D eigenvalue weighted by Gasteiger charge is -2.14. The quantitative estimate of drug-likeness (QED) is 0.247. The van der Waals surface area contributed by atoms with Crippen LogP contribution in [0.25, 0.3) is 0 Å². The summed E-state index contributed by atoms with van der Waals surface area (Å²) in [7, 11) is 0. The summed E-state index contributed by atoms with van der Waals surface area (Å²) in [5.41, 5.74) is -0.0764. The Morgan fingerprint density at radius 1 is 1.25 bits per heavy atom. The van der Waals surface area contributed by atoms with Crippen LogP contribution in [0.5, 0.6) is 5.75 Å². The lowest BCUT2D eigenvalue weighted by molar-refractivity contribution is -0.386. The minimum atomic E-state index is -0.596. The van der Waals surface area contributed by atoms with Gasteiger partial charge in [-0.1, -0.05) is 23.8 Å². The number of hydrazone groups is 1. The maximum atomic E-state index is 12.7. The van der Waals surface area contributed by atoms with Gasteiger partial charge in [0, 0.05) is 16.7 Å². The topological polar surface area (TPSA) is 102 Å². The lowest BCUT2D eigenvalue weighted by atomic mass is 9.85. The van der Waals surface area contributed by atoms with E-state index >= 15 is 0 Å². The fraction of sp³-hybridized carbons (Fsp3) is 0.421. The van der Waals surface area contributed by atoms with E-state index in [-0.39, 0.29) is 63.6 Å². The predicted octanol–water partition coefficient (Wildman–Crippen LogP) is 3.18. The molecule has 4 rings (SSSR count). The highest BCUT2D eigenvalue weighted by molar-refractivity contribution is 6.31. The van der Waals surface area contributed by atoms with E-state index in [9.17, 15) is 19.7 Å². The number of carbonyl (C=O) groups is 2. The smallest absolute Gasteiger partial charge is 0.313 e. The van der Waals surface area contributed by atoms with E-state index in [1.54, 1.807) is 13.8 Å². The maximum absolute atomic E-state index is 12.7. The second-order valence-electron chi connectivity index (χ2n) is 7.50. The predicted molar refractivity (Wildman–Crippen MR) is 101 cm³/mol. The van der Waals surface area contributed by atoms with Gasteiger partial charge in [-0.25, -0.2) is 0 Å². The molecule has 9 heteroatoms. The molecule has 2 amide bonds. The van der Waals surface area contributed by atoms with Crippen LogP contribution in [-0.2, 0) is 9.59 Å². The van der Waals surface area contributed by atoms with Crippen molar-refractivity contribution < 1.29 is 19.2 Å². The number of hydrogen-bond acceptors (Lipinski definition) is 6. The van der Waals surface area contributed by atoms with Crippen molar-refractivity contribution in [2.45, 2.75) is 26.4 Å². The van der Waals surface area contributed by atoms with E-state index in [0.717, 1.165) is 11.4 Å². The third kappa shape index (κ3) is 2.88. The Hall–Kier alpha value is -2.74. The van der Waals surface area contributed by atoms with Crippen LogP contribution in [-0.4, -0.2) is 34.1 Å². The zero-order chi connectivity index (χ0) is 20.2. The summed E-state index contributed by atoms with van der Waals surface area (Å²) in [5.74, 6) is -1.22. The number of nitro groups is 1. The summed E-state index contributed by atoms with van der Waals surface area (Å²) in [6.45, 7) is 3.47. The molecule has 2 bridgehead atoms. The monoisotopic (exact) mass is 403 g/mol. The zero-order valence-electron chi connectivity index (χ0n) is 15.2. The van der Waals surface area contributed by atoms with E-state index in [1.165, 1.54) is 18.3 Å². The van der Waals surface area contributed by atoms with Gasteiger partial charge in [-0.3, -0.25) is 19.7 Å². The fourth-order valence-electron chi connectivity index (χ4n) is 4.32. The summed E-state index contributed by atoms with van der Waals surface area (Å²) in [5, 5.41) is 16.5. The minimum Gasteiger partial charge on any atom is -0.484 e. The average molecular weight is 404 g/mol. The van der Waals surface area contributed by atoms with Gasteiger partial charge in [0.05, 0.1) is 29.1 Å². The van der Waals surface area contributed by atoms with Crippen LogP contribution in [0.4, 0.5) is 5.69 Å². The molecule has 2 fully saturated rings. The van der Waals surface area contributed by atoms with Crippen molar-refractivity contribution in [3.63, 3.8) is 0 Å². The third-order valence-electron chi connectivity index (χ3n) is 5.37. The Balaban J connectivity index is 1.67. The highest BCUT2D eigenvalue weighted by atomic mass is 35.5. The first-order valence-corrected chi connectivity index (χ1v) is 9.40. The van der Waals surface area contributed by atoms with Gasteiger partial charge in [-0.2, -0.15) is 10.1 Å². The van der Waals surface area contributed by atoms with Gasteiger partial charge in [0.15, 0.2) is 0 Å². The number of imide groups is 1. The van der Waals surface area contributed by atoms with Crippen LogP contribution >= 0.6 is 11.6 Å². The molecule has 0 spiro atoms. The zero-order valence-corrected chi connectivity index (χ0v) is 16.0. The van der Waals surface area contributed by atoms with Crippen molar-refractivity contribution in [1.82, 2.24) is 5.01 Å². The molecule has 28 heavy (non-hydrogen) atoms. The molecule has 0 N–H and O–H groups in total. The molecule has 1 heterocycles. The molecule has 2 aliphatic carbocycles. The Morgan fingerprint density at radius 2 is 1.86 bits per heavy atom. The summed E-state index contributed by atoms with van der Waals surface area (Å²) < 4.78 is 5.59. The number of rotatable bonds is 5. The van der Waals surface area contributed by atoms with Gasteiger partial charge < -0.3 is 4.74 Å². The van der Waals surface area contributed by atoms with E-state index in [4.69, 9.17) is 16.3 Å². The van der Waals surface area contributed by atoms with Crippen LogP contribution in [0.3, 0.4) is 0 Å². The average Bonchev–Trinajstić information content (AvgIpc) is 3.29. The molecule has 3 aliphatic rings. The number of amides is 2. The summed E-state index contributed by atoms with van der Waals surface area (Å²) in [4.78, 5) is 36.2. The van der Waals surface area contributed by atoms with Gasteiger partial charge in [-0.05, 0) is 38.2 Å². The molecule has 146 valence electrons. The number of ether oxygens (including phenoxy) is 1. The fourth-order valence-corrected chi connectivity index (χ4v) is 4.54. The first kappa shape index (κ1) is 18.6. The Labute approximate surface area is 165 Å². The number of nitro benzene ring substituents is 1. The maximum Gasteiger partial charge on any atom is 0.313 e. The van der Waals surface area contributed by atoms with E-state index in [0.29, 0.717) is 0 Å². The highest BCUT2D eigenvalue weighted by Gasteiger charge is 2.59. The number of nitrogens with zero attached hydrogens (tertiary/aromatic N) is 3. The molecule has 1 saturated heterocycles. The number of halogens is 1. The molecule has 0 aromatic heterocycles. The van der Waals surface area contributed by atoms with Gasteiger partial charge in [0.1, 0.15) is 0 Å². The molecule has 1 aliphatic heterocycles. The van der Waals surface area contributed by atoms with Gasteiger partial charge in [0.2, 0.25) is 5.75 Å². The van der Waals surface area contributed by atoms with E-state index < -0.39 is 4.92 Å². The molecular weight excluding hydrogens is 386 g/mol. The van der Waals surface area contributed by atoms with E-state index in [2.05, 4.69) is 5.10 Å². The number of hydrogen-bond donors (Lipinski definition) is 0. The third-order valence-corrected chi connectivity index (χ3v) is 5.59. The first-order valence-electron chi connectivity index (χ1n) is 9.02. The Morgan fingerprint density at radius 3 is 2.39 bits per heavy atom. The van der Waals surface area contributed by atoms with Crippen molar-refractivity contribution in [2.75, 3.05) is 0 Å². The van der Waals surface area contributed by atoms with Crippen molar-refractivity contribution in [3.8, 4) is 5.75 Å². The number of allylic oxidation sites excluding steroid dienone is 2. The summed E-state index contributed by atoms with van der Waals surface area (Å²) in [6.07, 6.45) is 5.72. The lowest BCUT2D eigenvalue weighted by Crippen LogP contribution is -2.28. The molecule has 0 radical (unpaired) electrons. The molecule has 8 nitrogen and oxygen atoms in total. The molecule has 4 atom stereocenters. The molecule has 1 aromatic rings. The van der Waals surface area contributed by atoms with Gasteiger partial charge in [-0.15, -0.1) is 0 Å². The van der Waals surface area contributed by atoms with Crippen LogP contribution in [0.15, 0.2) is 29.4 Å². The first-order chi connectivity index (χ1) is 13.3. The standard InChI is InChI=1S/C19H18ClN3O5/c1-9(2)28-17-12(6-13(20)7-14(17)23(26)27)8-21-22-18(24)15-10-3-4-11(5-10)16(15)19(22)25/h3-4,6-11,15-16H,5H2,1-2H3/t10-,11-,15-,16+/m0/s1. The molecular formula is C19H18ClN3O5. The second-order valence-corrected chi connectivity index (χ2v) is 7.94. The number of carbonyl (C=O) groups excluding carboxylic acids is 2. The SMILES string of the molecule is CC(C)Oc1c(C=NN2C(=O)[C@@H]3[C@H](C2=O)[C@H]2C=C[C@H]3C2)cc(Cl)cc1[N+](=O)[O-]. The summed E-state index contributed by atoms with van der Waals surface area (Å²) >= 11 is 6.00. The van der Waals surface area contributed by atoms with Crippen molar-refractivity contribution >= 4 is 35.3 Å². The number of fused-ring (bicyclic) bond motifs is 5. The summed E-state index contributed by atoms with van der Waals surface area (Å²) in [6, 6.07) is 2.64. The van der Waals surface area contributed by atoms with Crippen molar-refractivity contribution in [2.24, 2.45) is 28.8 Å². The Kier molecular flexibility index (Phi) is 4.45. The second kappa shape index (κ2) is 6.70. The van der Waals surface area contributed by atoms with E-state index in [1.807, 2.05) is 12.2 Å². The van der Waals surface area contributed by atoms with Crippen molar-refractivity contribution in [3.05, 3.63) is 45.0 Å². The molecule has 0 unspecified atom stereocenters. The van der Waals surface area contributed by atoms with Crippen LogP contribution in [0, 0.1) is 33.8 Å². The largest absolute Gasteiger partial charge is 0.484 e. The van der Waals surface area contributed by atoms with Crippen LogP contribution in [0.2, 0.25) is 5.02 Å². The van der Waals surface area contributed by atoms with Crippen LogP contribution < -0.4 is 4.74 Å². The molecule has 1 aromatic carbocycles.